The van der Waals surface area contributed by atoms with Crippen LogP contribution >= 0.6 is 11.8 Å². The third-order valence-electron chi connectivity index (χ3n) is 6.80. The number of benzene rings is 1. The first-order chi connectivity index (χ1) is 16.2. The fourth-order valence-corrected chi connectivity index (χ4v) is 5.67. The minimum Gasteiger partial charge on any atom is -0.343 e. The topological polar surface area (TPSA) is 77.0 Å². The molecule has 0 aromatic heterocycles. The number of halogens is 1. The Morgan fingerprint density at radius 3 is 2.59 bits per heavy atom. The van der Waals surface area contributed by atoms with Crippen molar-refractivity contribution in [2.75, 3.05) is 32.9 Å². The van der Waals surface area contributed by atoms with Gasteiger partial charge in [-0.15, -0.1) is 0 Å². The molecule has 1 aromatic rings. The van der Waals surface area contributed by atoms with Gasteiger partial charge in [-0.25, -0.2) is 9.18 Å². The molecule has 0 bridgehead atoms. The van der Waals surface area contributed by atoms with Crippen LogP contribution in [0.4, 0.5) is 9.18 Å². The Balaban J connectivity index is 1.55. The zero-order chi connectivity index (χ0) is 24.7. The van der Waals surface area contributed by atoms with E-state index in [1.807, 2.05) is 31.0 Å². The minimum absolute atomic E-state index is 0.0422. The summed E-state index contributed by atoms with van der Waals surface area (Å²) in [6.07, 6.45) is 4.43. The second-order valence-corrected chi connectivity index (χ2v) is 10.7. The second-order valence-electron chi connectivity index (χ2n) is 9.65. The molecule has 2 aliphatic rings. The highest BCUT2D eigenvalue weighted by atomic mass is 32.2. The molecule has 3 rings (SSSR count). The number of hydrogen-bond donors (Lipinski definition) is 2. The molecule has 1 fully saturated rings. The zero-order valence-corrected chi connectivity index (χ0v) is 21.5. The van der Waals surface area contributed by atoms with E-state index in [0.717, 1.165) is 56.5 Å². The van der Waals surface area contributed by atoms with Gasteiger partial charge in [0.2, 0.25) is 5.91 Å². The van der Waals surface area contributed by atoms with Crippen LogP contribution in [0.5, 0.6) is 0 Å². The minimum atomic E-state index is -0.209. The third kappa shape index (κ3) is 7.98. The van der Waals surface area contributed by atoms with E-state index in [0.29, 0.717) is 5.17 Å². The van der Waals surface area contributed by atoms with Crippen LogP contribution in [-0.4, -0.2) is 78.0 Å². The second kappa shape index (κ2) is 12.5. The summed E-state index contributed by atoms with van der Waals surface area (Å²) in [5.41, 5.74) is 1.13. The SMILES string of the molecule is CC(=O)N(C)[C@H]1CC[C@@H](NC(=O)NC2=NC(C)CS2)[C@H](CN(C)CCCc2ccc(F)cc2)C1. The number of nitrogens with one attached hydrogen (secondary N) is 2. The Hall–Kier alpha value is -2.13. The van der Waals surface area contributed by atoms with Crippen molar-refractivity contribution in [2.45, 2.75) is 64.1 Å². The lowest BCUT2D eigenvalue weighted by Gasteiger charge is -2.41. The summed E-state index contributed by atoms with van der Waals surface area (Å²) in [5, 5.41) is 6.76. The van der Waals surface area contributed by atoms with Gasteiger partial charge < -0.3 is 15.1 Å². The van der Waals surface area contributed by atoms with Gasteiger partial charge in [0, 0.05) is 38.4 Å². The highest BCUT2D eigenvalue weighted by molar-refractivity contribution is 8.14. The summed E-state index contributed by atoms with van der Waals surface area (Å²) in [6.45, 7) is 5.39. The van der Waals surface area contributed by atoms with E-state index in [4.69, 9.17) is 0 Å². The summed E-state index contributed by atoms with van der Waals surface area (Å²) in [4.78, 5) is 33.2. The Morgan fingerprint density at radius 1 is 1.21 bits per heavy atom. The molecule has 34 heavy (non-hydrogen) atoms. The van der Waals surface area contributed by atoms with Crippen molar-refractivity contribution in [3.63, 3.8) is 0 Å². The number of hydrogen-bond acceptors (Lipinski definition) is 5. The summed E-state index contributed by atoms with van der Waals surface area (Å²) < 4.78 is 13.1. The average molecular weight is 492 g/mol. The molecule has 3 amide bonds. The highest BCUT2D eigenvalue weighted by Gasteiger charge is 2.34. The third-order valence-corrected chi connectivity index (χ3v) is 7.93. The fourth-order valence-electron chi connectivity index (χ4n) is 4.78. The summed E-state index contributed by atoms with van der Waals surface area (Å²) >= 11 is 1.57. The van der Waals surface area contributed by atoms with Gasteiger partial charge in [-0.05, 0) is 76.2 Å². The first-order valence-corrected chi connectivity index (χ1v) is 13.1. The molecule has 1 aromatic carbocycles. The Kier molecular flexibility index (Phi) is 9.76. The highest BCUT2D eigenvalue weighted by Crippen LogP contribution is 2.29. The molecule has 0 radical (unpaired) electrons. The lowest BCUT2D eigenvalue weighted by Crippen LogP contribution is -2.53. The molecule has 1 unspecified atom stereocenters. The number of amides is 3. The molecule has 1 saturated carbocycles. The van der Waals surface area contributed by atoms with Crippen molar-refractivity contribution < 1.29 is 14.0 Å². The number of aryl methyl sites for hydroxylation is 1. The molecule has 2 N–H and O–H groups in total. The van der Waals surface area contributed by atoms with Gasteiger partial charge in [-0.2, -0.15) is 0 Å². The predicted molar refractivity (Wildman–Crippen MR) is 137 cm³/mol. The number of rotatable bonds is 8. The van der Waals surface area contributed by atoms with E-state index in [1.165, 1.54) is 12.1 Å². The summed E-state index contributed by atoms with van der Waals surface area (Å²) in [7, 11) is 3.97. The van der Waals surface area contributed by atoms with Crippen LogP contribution in [0, 0.1) is 11.7 Å². The Morgan fingerprint density at radius 2 is 1.94 bits per heavy atom. The van der Waals surface area contributed by atoms with Crippen molar-refractivity contribution in [1.29, 1.82) is 0 Å². The molecule has 1 aliphatic heterocycles. The van der Waals surface area contributed by atoms with Crippen molar-refractivity contribution in [3.05, 3.63) is 35.6 Å². The molecule has 0 spiro atoms. The van der Waals surface area contributed by atoms with Crippen LogP contribution in [0.1, 0.15) is 45.1 Å². The maximum absolute atomic E-state index is 13.1. The van der Waals surface area contributed by atoms with E-state index >= 15 is 0 Å². The fraction of sp³-hybridized carbons (Fsp3) is 0.640. The quantitative estimate of drug-likeness (QED) is 0.584. The predicted octanol–water partition coefficient (Wildman–Crippen LogP) is 3.50. The largest absolute Gasteiger partial charge is 0.343 e. The number of carbonyl (C=O) groups is 2. The molecular weight excluding hydrogens is 453 g/mol. The molecule has 4 atom stereocenters. The van der Waals surface area contributed by atoms with E-state index in [-0.39, 0.29) is 41.8 Å². The van der Waals surface area contributed by atoms with Crippen molar-refractivity contribution in [3.8, 4) is 0 Å². The lowest BCUT2D eigenvalue weighted by atomic mass is 9.80. The first-order valence-electron chi connectivity index (χ1n) is 12.2. The molecule has 7 nitrogen and oxygen atoms in total. The maximum atomic E-state index is 13.1. The number of carbonyl (C=O) groups excluding carboxylic acids is 2. The molecular formula is C25H38FN5O2S. The number of aliphatic imine (C=N–C) groups is 1. The standard InChI is InChI=1S/C25H38FN5O2S/c1-17-16-34-25(27-17)29-24(33)28-23-12-11-22(31(4)18(2)32)14-20(23)15-30(3)13-5-6-19-7-9-21(26)10-8-19/h7-10,17,20,22-23H,5-6,11-16H2,1-4H3,(H2,27,28,29,33)/t17?,20-,22-,23+/m0/s1. The Labute approximate surface area is 206 Å². The maximum Gasteiger partial charge on any atom is 0.321 e. The normalized spacial score (nSPS) is 24.6. The van der Waals surface area contributed by atoms with Gasteiger partial charge in [0.15, 0.2) is 5.17 Å². The van der Waals surface area contributed by atoms with Crippen LogP contribution in [0.25, 0.3) is 0 Å². The number of nitrogens with zero attached hydrogens (tertiary/aromatic N) is 3. The average Bonchev–Trinajstić information content (AvgIpc) is 3.20. The van der Waals surface area contributed by atoms with Gasteiger partial charge >= 0.3 is 6.03 Å². The van der Waals surface area contributed by atoms with E-state index in [9.17, 15) is 14.0 Å². The van der Waals surface area contributed by atoms with E-state index in [1.54, 1.807) is 18.7 Å². The van der Waals surface area contributed by atoms with Gasteiger partial charge in [0.25, 0.3) is 0 Å². The summed E-state index contributed by atoms with van der Waals surface area (Å²) in [5.74, 6) is 0.993. The Bertz CT molecular complexity index is 865. The van der Waals surface area contributed by atoms with Gasteiger partial charge in [0.05, 0.1) is 6.04 Å². The zero-order valence-electron chi connectivity index (χ0n) is 20.7. The molecule has 188 valence electrons. The van der Waals surface area contributed by atoms with Crippen LogP contribution < -0.4 is 10.6 Å². The van der Waals surface area contributed by atoms with Gasteiger partial charge in [-0.1, -0.05) is 23.9 Å². The van der Waals surface area contributed by atoms with Crippen LogP contribution in [0.2, 0.25) is 0 Å². The van der Waals surface area contributed by atoms with Crippen LogP contribution in [0.15, 0.2) is 29.3 Å². The smallest absolute Gasteiger partial charge is 0.321 e. The van der Waals surface area contributed by atoms with Crippen LogP contribution in [-0.2, 0) is 11.2 Å². The number of thioether (sulfide) groups is 1. The van der Waals surface area contributed by atoms with E-state index < -0.39 is 0 Å². The van der Waals surface area contributed by atoms with Gasteiger partial charge in [-0.3, -0.25) is 15.1 Å². The van der Waals surface area contributed by atoms with Crippen molar-refractivity contribution >= 4 is 28.9 Å². The monoisotopic (exact) mass is 491 g/mol. The van der Waals surface area contributed by atoms with Crippen LogP contribution in [0.3, 0.4) is 0 Å². The number of urea groups is 1. The molecule has 1 heterocycles. The van der Waals surface area contributed by atoms with Crippen molar-refractivity contribution in [2.24, 2.45) is 10.9 Å². The van der Waals surface area contributed by atoms with Gasteiger partial charge in [0.1, 0.15) is 5.82 Å². The molecule has 0 saturated heterocycles. The molecule has 1 aliphatic carbocycles. The summed E-state index contributed by atoms with van der Waals surface area (Å²) in [6, 6.07) is 6.94. The first kappa shape index (κ1) is 26.5. The number of amidine groups is 1. The lowest BCUT2D eigenvalue weighted by molar-refractivity contribution is -0.130. The van der Waals surface area contributed by atoms with Crippen molar-refractivity contribution in [1.82, 2.24) is 20.4 Å². The molecule has 9 heteroatoms. The van der Waals surface area contributed by atoms with E-state index in [2.05, 4.69) is 27.6 Å².